The van der Waals surface area contributed by atoms with E-state index >= 15 is 0 Å². The SMILES string of the molecule is COc1ccc(C(=O)N2C[C@@H](c3cccc(O)c3)[C@@H]3[C@H]2C2CCN3CC2)cc1F. The summed E-state index contributed by atoms with van der Waals surface area (Å²) in [5.41, 5.74) is 1.42. The van der Waals surface area contributed by atoms with E-state index in [1.165, 1.54) is 19.2 Å². The Hall–Kier alpha value is -2.60. The van der Waals surface area contributed by atoms with Crippen LogP contribution in [-0.4, -0.2) is 59.6 Å². The maximum absolute atomic E-state index is 14.2. The van der Waals surface area contributed by atoms with Crippen molar-refractivity contribution >= 4 is 5.91 Å². The highest BCUT2D eigenvalue weighted by molar-refractivity contribution is 5.95. The van der Waals surface area contributed by atoms with Gasteiger partial charge in [0.25, 0.3) is 5.91 Å². The van der Waals surface area contributed by atoms with Gasteiger partial charge < -0.3 is 14.7 Å². The number of piperidine rings is 3. The molecular weight excluding hydrogens is 371 g/mol. The molecule has 3 atom stereocenters. The lowest BCUT2D eigenvalue weighted by Gasteiger charge is -2.51. The van der Waals surface area contributed by atoms with Crippen LogP contribution in [0.3, 0.4) is 0 Å². The molecule has 0 aliphatic carbocycles. The molecule has 0 aromatic heterocycles. The van der Waals surface area contributed by atoms with Crippen molar-refractivity contribution in [1.82, 2.24) is 9.80 Å². The van der Waals surface area contributed by atoms with Crippen LogP contribution in [0.1, 0.15) is 34.7 Å². The zero-order valence-corrected chi connectivity index (χ0v) is 16.4. The topological polar surface area (TPSA) is 53.0 Å². The molecule has 5 nitrogen and oxygen atoms in total. The lowest BCUT2D eigenvalue weighted by Crippen LogP contribution is -2.60. The third-order valence-electron chi connectivity index (χ3n) is 6.95. The molecule has 6 heteroatoms. The van der Waals surface area contributed by atoms with Gasteiger partial charge in [-0.3, -0.25) is 9.69 Å². The van der Waals surface area contributed by atoms with Crippen molar-refractivity contribution in [2.45, 2.75) is 30.8 Å². The molecule has 1 amide bonds. The van der Waals surface area contributed by atoms with Gasteiger partial charge in [-0.1, -0.05) is 12.1 Å². The van der Waals surface area contributed by atoms with E-state index in [1.54, 1.807) is 12.1 Å². The van der Waals surface area contributed by atoms with Crippen molar-refractivity contribution in [3.63, 3.8) is 0 Å². The summed E-state index contributed by atoms with van der Waals surface area (Å²) in [6, 6.07) is 12.2. The first-order valence-corrected chi connectivity index (χ1v) is 10.2. The summed E-state index contributed by atoms with van der Waals surface area (Å²) >= 11 is 0. The summed E-state index contributed by atoms with van der Waals surface area (Å²) in [6.45, 7) is 2.69. The van der Waals surface area contributed by atoms with E-state index in [4.69, 9.17) is 4.74 Å². The molecule has 2 aromatic carbocycles. The van der Waals surface area contributed by atoms with Gasteiger partial charge in [-0.25, -0.2) is 4.39 Å². The number of aromatic hydroxyl groups is 1. The van der Waals surface area contributed by atoms with Gasteiger partial charge in [-0.2, -0.15) is 0 Å². The number of nitrogens with zero attached hydrogens (tertiary/aromatic N) is 2. The Bertz CT molecular complexity index is 941. The van der Waals surface area contributed by atoms with E-state index in [9.17, 15) is 14.3 Å². The molecule has 0 spiro atoms. The fraction of sp³-hybridized carbons (Fsp3) is 0.435. The summed E-state index contributed by atoms with van der Waals surface area (Å²) in [5, 5.41) is 9.99. The minimum Gasteiger partial charge on any atom is -0.508 e. The molecule has 2 bridgehead atoms. The maximum atomic E-state index is 14.2. The van der Waals surface area contributed by atoms with Crippen molar-refractivity contribution in [3.8, 4) is 11.5 Å². The normalized spacial score (nSPS) is 30.3. The van der Waals surface area contributed by atoms with E-state index in [0.29, 0.717) is 18.0 Å². The largest absolute Gasteiger partial charge is 0.508 e. The second-order valence-corrected chi connectivity index (χ2v) is 8.36. The van der Waals surface area contributed by atoms with Crippen LogP contribution in [-0.2, 0) is 0 Å². The van der Waals surface area contributed by atoms with E-state index in [2.05, 4.69) is 4.90 Å². The first-order valence-electron chi connectivity index (χ1n) is 10.2. The van der Waals surface area contributed by atoms with Crippen LogP contribution >= 0.6 is 0 Å². The number of rotatable bonds is 3. The maximum Gasteiger partial charge on any atom is 0.254 e. The number of methoxy groups -OCH3 is 1. The smallest absolute Gasteiger partial charge is 0.254 e. The molecule has 152 valence electrons. The van der Waals surface area contributed by atoms with Crippen LogP contribution in [0.4, 0.5) is 4.39 Å². The molecule has 4 saturated heterocycles. The van der Waals surface area contributed by atoms with Crippen LogP contribution in [0.25, 0.3) is 0 Å². The molecule has 2 aromatic rings. The average Bonchev–Trinajstić information content (AvgIpc) is 3.17. The van der Waals surface area contributed by atoms with Crippen molar-refractivity contribution in [2.75, 3.05) is 26.7 Å². The van der Waals surface area contributed by atoms with Crippen LogP contribution in [0.5, 0.6) is 11.5 Å². The van der Waals surface area contributed by atoms with Crippen LogP contribution in [0.2, 0.25) is 0 Å². The predicted octanol–water partition coefficient (Wildman–Crippen LogP) is 3.24. The Labute approximate surface area is 169 Å². The van der Waals surface area contributed by atoms with Gasteiger partial charge in [0.05, 0.1) is 13.2 Å². The lowest BCUT2D eigenvalue weighted by molar-refractivity contribution is -0.00343. The highest BCUT2D eigenvalue weighted by Gasteiger charge is 2.54. The van der Waals surface area contributed by atoms with Gasteiger partial charge >= 0.3 is 0 Å². The first kappa shape index (κ1) is 18.4. The third-order valence-corrected chi connectivity index (χ3v) is 6.95. The van der Waals surface area contributed by atoms with Crippen molar-refractivity contribution in [2.24, 2.45) is 5.92 Å². The van der Waals surface area contributed by atoms with Crippen molar-refractivity contribution < 1.29 is 19.0 Å². The number of likely N-dealkylation sites (tertiary alicyclic amines) is 1. The lowest BCUT2D eigenvalue weighted by atomic mass is 9.75. The molecule has 4 aliphatic rings. The molecule has 4 fully saturated rings. The van der Waals surface area contributed by atoms with Crippen molar-refractivity contribution in [1.29, 1.82) is 0 Å². The first-order chi connectivity index (χ1) is 14.1. The number of benzene rings is 2. The second kappa shape index (κ2) is 7.02. The number of carbonyl (C=O) groups excluding carboxylic acids is 1. The molecule has 29 heavy (non-hydrogen) atoms. The molecule has 6 rings (SSSR count). The molecule has 4 aliphatic heterocycles. The van der Waals surface area contributed by atoms with E-state index in [-0.39, 0.29) is 35.4 Å². The van der Waals surface area contributed by atoms with Gasteiger partial charge in [-0.15, -0.1) is 0 Å². The standard InChI is InChI=1S/C23H25FN2O3/c1-29-20-6-5-16(12-19(20)24)23(28)26-13-18(15-3-2-4-17(27)11-15)22-21(26)14-7-9-25(22)10-8-14/h2-6,11-12,14,18,21-22,27H,7-10,13H2,1H3/t18-,21+,22+/m0/s1. The van der Waals surface area contributed by atoms with Gasteiger partial charge in [0.15, 0.2) is 11.6 Å². The van der Waals surface area contributed by atoms with Gasteiger partial charge in [-0.05, 0) is 67.7 Å². The van der Waals surface area contributed by atoms with Gasteiger partial charge in [0, 0.05) is 24.1 Å². The van der Waals surface area contributed by atoms with E-state index < -0.39 is 5.82 Å². The van der Waals surface area contributed by atoms with Crippen LogP contribution < -0.4 is 4.74 Å². The number of phenols is 1. The third kappa shape index (κ3) is 2.97. The Morgan fingerprint density at radius 2 is 1.93 bits per heavy atom. The van der Waals surface area contributed by atoms with E-state index in [0.717, 1.165) is 31.5 Å². The van der Waals surface area contributed by atoms with Gasteiger partial charge in [0.1, 0.15) is 5.75 Å². The number of fused-ring (bicyclic) bond motifs is 2. The highest BCUT2D eigenvalue weighted by Crippen LogP contribution is 2.47. The summed E-state index contributed by atoms with van der Waals surface area (Å²) in [6.07, 6.45) is 2.18. The number of halogens is 1. The Morgan fingerprint density at radius 3 is 2.62 bits per heavy atom. The van der Waals surface area contributed by atoms with Gasteiger partial charge in [0.2, 0.25) is 0 Å². The summed E-state index contributed by atoms with van der Waals surface area (Å²) in [4.78, 5) is 17.9. The number of hydrogen-bond donors (Lipinski definition) is 1. The highest BCUT2D eigenvalue weighted by atomic mass is 19.1. The zero-order chi connectivity index (χ0) is 20.1. The number of phenolic OH excluding ortho intramolecular Hbond substituents is 1. The fourth-order valence-corrected chi connectivity index (χ4v) is 5.67. The summed E-state index contributed by atoms with van der Waals surface area (Å²) in [5.74, 6) is 0.352. The minimum absolute atomic E-state index is 0.127. The molecule has 1 N–H and O–H groups in total. The number of carbonyl (C=O) groups is 1. The summed E-state index contributed by atoms with van der Waals surface area (Å²) < 4.78 is 19.2. The fourth-order valence-electron chi connectivity index (χ4n) is 5.67. The Balaban J connectivity index is 1.51. The minimum atomic E-state index is -0.521. The van der Waals surface area contributed by atoms with Crippen LogP contribution in [0, 0.1) is 11.7 Å². The molecule has 0 radical (unpaired) electrons. The average molecular weight is 396 g/mol. The number of ether oxygens (including phenoxy) is 1. The van der Waals surface area contributed by atoms with E-state index in [1.807, 2.05) is 23.1 Å². The zero-order valence-electron chi connectivity index (χ0n) is 16.4. The summed E-state index contributed by atoms with van der Waals surface area (Å²) in [7, 11) is 1.41. The number of hydrogen-bond acceptors (Lipinski definition) is 4. The molecule has 4 heterocycles. The Morgan fingerprint density at radius 1 is 1.14 bits per heavy atom. The molecule has 0 unspecified atom stereocenters. The Kier molecular flexibility index (Phi) is 4.46. The van der Waals surface area contributed by atoms with Crippen LogP contribution in [0.15, 0.2) is 42.5 Å². The monoisotopic (exact) mass is 396 g/mol. The number of amides is 1. The predicted molar refractivity (Wildman–Crippen MR) is 107 cm³/mol. The second-order valence-electron chi connectivity index (χ2n) is 8.36. The van der Waals surface area contributed by atoms with Crippen molar-refractivity contribution in [3.05, 3.63) is 59.4 Å². The molecule has 0 saturated carbocycles. The molecular formula is C23H25FN2O3. The quantitative estimate of drug-likeness (QED) is 0.866.